The van der Waals surface area contributed by atoms with E-state index in [0.29, 0.717) is 11.5 Å². The Labute approximate surface area is 95.5 Å². The summed E-state index contributed by atoms with van der Waals surface area (Å²) < 4.78 is 5.34. The lowest BCUT2D eigenvalue weighted by Crippen LogP contribution is -2.09. The highest BCUT2D eigenvalue weighted by Gasteiger charge is 2.01. The van der Waals surface area contributed by atoms with Gasteiger partial charge in [-0.25, -0.2) is 9.97 Å². The summed E-state index contributed by atoms with van der Waals surface area (Å²) in [4.78, 5) is 7.95. The molecule has 1 N–H and O–H groups in total. The highest BCUT2D eigenvalue weighted by molar-refractivity contribution is 5.46. The number of nitrogens with one attached hydrogen (secondary N) is 1. The summed E-state index contributed by atoms with van der Waals surface area (Å²) in [5.41, 5.74) is 0.331. The average Bonchev–Trinajstić information content (AvgIpc) is 2.34. The van der Waals surface area contributed by atoms with E-state index in [9.17, 15) is 0 Å². The summed E-state index contributed by atoms with van der Waals surface area (Å²) in [7, 11) is 0. The third-order valence-corrected chi connectivity index (χ3v) is 1.91. The second-order valence-electron chi connectivity index (χ2n) is 3.26. The van der Waals surface area contributed by atoms with E-state index in [-0.39, 0.29) is 0 Å². The largest absolute Gasteiger partial charge is 0.381 e. The topological polar surface area (TPSA) is 70.8 Å². The summed E-state index contributed by atoms with van der Waals surface area (Å²) in [5, 5.41) is 11.8. The molecular weight excluding hydrogens is 204 g/mol. The molecule has 5 nitrogen and oxygen atoms in total. The Hall–Kier alpha value is -1.67. The van der Waals surface area contributed by atoms with Gasteiger partial charge in [-0.3, -0.25) is 0 Å². The molecule has 1 aromatic rings. The Morgan fingerprint density at radius 2 is 2.19 bits per heavy atom. The minimum absolute atomic E-state index is 0.331. The number of nitrogens with zero attached hydrogens (tertiary/aromatic N) is 3. The molecule has 0 atom stereocenters. The first-order valence-corrected chi connectivity index (χ1v) is 5.41. The number of rotatable bonds is 7. The third-order valence-electron chi connectivity index (χ3n) is 1.91. The van der Waals surface area contributed by atoms with Crippen LogP contribution in [0.15, 0.2) is 12.4 Å². The Balaban J connectivity index is 2.24. The van der Waals surface area contributed by atoms with Crippen LogP contribution in [-0.4, -0.2) is 29.7 Å². The lowest BCUT2D eigenvalue weighted by molar-refractivity contribution is 0.134. The molecule has 16 heavy (non-hydrogen) atoms. The van der Waals surface area contributed by atoms with Crippen molar-refractivity contribution in [3.05, 3.63) is 18.1 Å². The number of hydrogen-bond acceptors (Lipinski definition) is 5. The van der Waals surface area contributed by atoms with Gasteiger partial charge in [-0.2, -0.15) is 5.26 Å². The zero-order chi connectivity index (χ0) is 11.6. The lowest BCUT2D eigenvalue weighted by Gasteiger charge is -2.06. The first kappa shape index (κ1) is 12.4. The maximum Gasteiger partial charge on any atom is 0.182 e. The molecule has 0 unspecified atom stereocenters. The van der Waals surface area contributed by atoms with Crippen LogP contribution in [0.25, 0.3) is 0 Å². The van der Waals surface area contributed by atoms with Crippen LogP contribution in [0.1, 0.15) is 25.5 Å². The SMILES string of the molecule is CCCOCCCNc1nccnc1C#N. The molecule has 1 heterocycles. The summed E-state index contributed by atoms with van der Waals surface area (Å²) in [5.74, 6) is 0.542. The highest BCUT2D eigenvalue weighted by atomic mass is 16.5. The number of nitriles is 1. The first-order valence-electron chi connectivity index (χ1n) is 5.41. The molecular formula is C11H16N4O. The number of ether oxygens (including phenoxy) is 1. The Kier molecular flexibility index (Phi) is 5.89. The Morgan fingerprint density at radius 1 is 1.38 bits per heavy atom. The zero-order valence-corrected chi connectivity index (χ0v) is 9.44. The molecule has 0 fully saturated rings. The molecule has 0 radical (unpaired) electrons. The molecule has 1 rings (SSSR count). The summed E-state index contributed by atoms with van der Waals surface area (Å²) in [6.07, 6.45) is 5.00. The second kappa shape index (κ2) is 7.60. The highest BCUT2D eigenvalue weighted by Crippen LogP contribution is 2.05. The molecule has 0 saturated carbocycles. The van der Waals surface area contributed by atoms with Crippen molar-refractivity contribution in [3.63, 3.8) is 0 Å². The monoisotopic (exact) mass is 220 g/mol. The lowest BCUT2D eigenvalue weighted by atomic mass is 10.4. The standard InChI is InChI=1S/C11H16N4O/c1-2-7-16-8-3-4-14-11-10(9-12)13-5-6-15-11/h5-6H,2-4,7-8H2,1H3,(H,14,15). The van der Waals surface area contributed by atoms with Crippen LogP contribution in [-0.2, 0) is 4.74 Å². The van der Waals surface area contributed by atoms with Gasteiger partial charge in [0.25, 0.3) is 0 Å². The van der Waals surface area contributed by atoms with E-state index in [2.05, 4.69) is 22.2 Å². The molecule has 0 amide bonds. The van der Waals surface area contributed by atoms with E-state index in [4.69, 9.17) is 10.00 Å². The van der Waals surface area contributed by atoms with E-state index in [0.717, 1.165) is 32.6 Å². The van der Waals surface area contributed by atoms with Crippen molar-refractivity contribution < 1.29 is 4.74 Å². The van der Waals surface area contributed by atoms with Gasteiger partial charge in [0.15, 0.2) is 11.5 Å². The van der Waals surface area contributed by atoms with Gasteiger partial charge in [0, 0.05) is 32.2 Å². The van der Waals surface area contributed by atoms with Crippen LogP contribution in [0, 0.1) is 11.3 Å². The van der Waals surface area contributed by atoms with Crippen molar-refractivity contribution in [1.82, 2.24) is 9.97 Å². The van der Waals surface area contributed by atoms with E-state index >= 15 is 0 Å². The molecule has 0 bridgehead atoms. The zero-order valence-electron chi connectivity index (χ0n) is 9.44. The van der Waals surface area contributed by atoms with Crippen LogP contribution in [0.3, 0.4) is 0 Å². The summed E-state index contributed by atoms with van der Waals surface area (Å²) in [6.45, 7) is 4.34. The van der Waals surface area contributed by atoms with E-state index in [1.807, 2.05) is 6.07 Å². The van der Waals surface area contributed by atoms with Gasteiger partial charge >= 0.3 is 0 Å². The fourth-order valence-electron chi connectivity index (χ4n) is 1.18. The minimum atomic E-state index is 0.331. The van der Waals surface area contributed by atoms with Gasteiger partial charge in [0.1, 0.15) is 6.07 Å². The minimum Gasteiger partial charge on any atom is -0.381 e. The number of hydrogen-bond donors (Lipinski definition) is 1. The number of anilines is 1. The van der Waals surface area contributed by atoms with Crippen molar-refractivity contribution in [2.75, 3.05) is 25.1 Å². The predicted octanol–water partition coefficient (Wildman–Crippen LogP) is 1.58. The van der Waals surface area contributed by atoms with Crippen LogP contribution in [0.2, 0.25) is 0 Å². The van der Waals surface area contributed by atoms with E-state index < -0.39 is 0 Å². The summed E-state index contributed by atoms with van der Waals surface area (Å²) in [6, 6.07) is 1.99. The van der Waals surface area contributed by atoms with Crippen molar-refractivity contribution in [2.24, 2.45) is 0 Å². The molecule has 0 aliphatic heterocycles. The van der Waals surface area contributed by atoms with Crippen LogP contribution >= 0.6 is 0 Å². The molecule has 0 aliphatic rings. The average molecular weight is 220 g/mol. The fraction of sp³-hybridized carbons (Fsp3) is 0.545. The van der Waals surface area contributed by atoms with Crippen molar-refractivity contribution in [3.8, 4) is 6.07 Å². The maximum atomic E-state index is 8.77. The maximum absolute atomic E-state index is 8.77. The molecule has 0 saturated heterocycles. The van der Waals surface area contributed by atoms with Gasteiger partial charge in [0.2, 0.25) is 0 Å². The quantitative estimate of drug-likeness (QED) is 0.706. The second-order valence-corrected chi connectivity index (χ2v) is 3.26. The summed E-state index contributed by atoms with van der Waals surface area (Å²) >= 11 is 0. The van der Waals surface area contributed by atoms with Gasteiger partial charge in [-0.1, -0.05) is 6.92 Å². The molecule has 1 aromatic heterocycles. The van der Waals surface area contributed by atoms with Gasteiger partial charge in [-0.05, 0) is 12.8 Å². The van der Waals surface area contributed by atoms with Crippen LogP contribution in [0.4, 0.5) is 5.82 Å². The van der Waals surface area contributed by atoms with Crippen LogP contribution in [0.5, 0.6) is 0 Å². The van der Waals surface area contributed by atoms with E-state index in [1.54, 1.807) is 6.20 Å². The van der Waals surface area contributed by atoms with Crippen molar-refractivity contribution in [1.29, 1.82) is 5.26 Å². The van der Waals surface area contributed by atoms with Gasteiger partial charge in [0.05, 0.1) is 0 Å². The molecule has 5 heteroatoms. The molecule has 0 spiro atoms. The van der Waals surface area contributed by atoms with Crippen molar-refractivity contribution >= 4 is 5.82 Å². The smallest absolute Gasteiger partial charge is 0.182 e. The third kappa shape index (κ3) is 4.24. The fourth-order valence-corrected chi connectivity index (χ4v) is 1.18. The van der Waals surface area contributed by atoms with Crippen molar-refractivity contribution in [2.45, 2.75) is 19.8 Å². The normalized spacial score (nSPS) is 9.75. The first-order chi connectivity index (χ1) is 7.88. The Morgan fingerprint density at radius 3 is 2.94 bits per heavy atom. The predicted molar refractivity (Wildman–Crippen MR) is 61.0 cm³/mol. The molecule has 86 valence electrons. The molecule has 0 aliphatic carbocycles. The van der Waals surface area contributed by atoms with E-state index in [1.165, 1.54) is 6.20 Å². The number of aromatic nitrogens is 2. The van der Waals surface area contributed by atoms with Crippen LogP contribution < -0.4 is 5.32 Å². The molecule has 0 aromatic carbocycles. The van der Waals surface area contributed by atoms with Gasteiger partial charge in [-0.15, -0.1) is 0 Å². The Bertz CT molecular complexity index is 348. The van der Waals surface area contributed by atoms with Gasteiger partial charge < -0.3 is 10.1 Å².